The van der Waals surface area contributed by atoms with E-state index >= 15 is 0 Å². The van der Waals surface area contributed by atoms with Crippen LogP contribution in [-0.4, -0.2) is 11.8 Å². The van der Waals surface area contributed by atoms with Crippen LogP contribution >= 0.6 is 15.9 Å². The van der Waals surface area contributed by atoms with Crippen molar-refractivity contribution >= 4 is 33.4 Å². The van der Waals surface area contributed by atoms with Crippen LogP contribution in [0.3, 0.4) is 0 Å². The van der Waals surface area contributed by atoms with E-state index in [1.807, 2.05) is 31.2 Å². The first-order chi connectivity index (χ1) is 10.5. The number of anilines is 1. The number of carbonyl (C=O) groups excluding carboxylic acids is 2. The first-order valence-electron chi connectivity index (χ1n) is 6.90. The zero-order chi connectivity index (χ0) is 16.1. The summed E-state index contributed by atoms with van der Waals surface area (Å²) < 4.78 is 0.962. The second-order valence-electron chi connectivity index (χ2n) is 4.98. The summed E-state index contributed by atoms with van der Waals surface area (Å²) in [4.78, 5) is 23.2. The van der Waals surface area contributed by atoms with Gasteiger partial charge in [-0.05, 0) is 42.8 Å². The van der Waals surface area contributed by atoms with E-state index in [-0.39, 0.29) is 17.9 Å². The Hall–Kier alpha value is -2.14. The van der Waals surface area contributed by atoms with Crippen molar-refractivity contribution in [2.75, 3.05) is 5.32 Å². The molecule has 22 heavy (non-hydrogen) atoms. The van der Waals surface area contributed by atoms with Gasteiger partial charge in [-0.2, -0.15) is 0 Å². The summed E-state index contributed by atoms with van der Waals surface area (Å²) in [5.74, 6) is -0.294. The van der Waals surface area contributed by atoms with Crippen LogP contribution < -0.4 is 10.6 Å². The summed E-state index contributed by atoms with van der Waals surface area (Å²) in [6.07, 6.45) is 0. The van der Waals surface area contributed by atoms with Crippen molar-refractivity contribution < 1.29 is 9.59 Å². The Labute approximate surface area is 138 Å². The fourth-order valence-electron chi connectivity index (χ4n) is 2.09. The Kier molecular flexibility index (Phi) is 5.33. The van der Waals surface area contributed by atoms with Crippen LogP contribution in [0, 0.1) is 0 Å². The highest BCUT2D eigenvalue weighted by atomic mass is 79.9. The lowest BCUT2D eigenvalue weighted by Crippen LogP contribution is -2.26. The average Bonchev–Trinajstić information content (AvgIpc) is 2.47. The van der Waals surface area contributed by atoms with E-state index in [4.69, 9.17) is 0 Å². The summed E-state index contributed by atoms with van der Waals surface area (Å²) in [5.41, 5.74) is 2.24. The summed E-state index contributed by atoms with van der Waals surface area (Å²) in [6, 6.07) is 14.5. The van der Waals surface area contributed by atoms with Crippen LogP contribution in [0.15, 0.2) is 53.0 Å². The second kappa shape index (κ2) is 7.22. The van der Waals surface area contributed by atoms with Gasteiger partial charge in [0.05, 0.1) is 6.04 Å². The lowest BCUT2D eigenvalue weighted by Gasteiger charge is -2.16. The Morgan fingerprint density at radius 2 is 1.68 bits per heavy atom. The van der Waals surface area contributed by atoms with Crippen LogP contribution in [0.4, 0.5) is 5.69 Å². The molecule has 0 spiro atoms. The molecule has 2 aromatic carbocycles. The van der Waals surface area contributed by atoms with Gasteiger partial charge in [-0.3, -0.25) is 9.59 Å². The molecule has 2 amide bonds. The van der Waals surface area contributed by atoms with Crippen LogP contribution in [0.1, 0.15) is 35.8 Å². The van der Waals surface area contributed by atoms with Gasteiger partial charge in [-0.25, -0.2) is 0 Å². The van der Waals surface area contributed by atoms with E-state index in [2.05, 4.69) is 26.6 Å². The zero-order valence-corrected chi connectivity index (χ0v) is 14.0. The van der Waals surface area contributed by atoms with Gasteiger partial charge in [0.25, 0.3) is 5.91 Å². The maximum absolute atomic E-state index is 12.3. The van der Waals surface area contributed by atoms with Crippen molar-refractivity contribution in [2.24, 2.45) is 0 Å². The van der Waals surface area contributed by atoms with Crippen LogP contribution in [0.2, 0.25) is 0 Å². The highest BCUT2D eigenvalue weighted by molar-refractivity contribution is 9.10. The van der Waals surface area contributed by atoms with Crippen molar-refractivity contribution in [3.8, 4) is 0 Å². The van der Waals surface area contributed by atoms with E-state index in [0.29, 0.717) is 11.3 Å². The van der Waals surface area contributed by atoms with Gasteiger partial charge in [0.15, 0.2) is 0 Å². The number of nitrogens with one attached hydrogen (secondary N) is 2. The predicted octanol–water partition coefficient (Wildman–Crippen LogP) is 3.90. The number of hydrogen-bond donors (Lipinski definition) is 2. The van der Waals surface area contributed by atoms with Crippen molar-refractivity contribution in [2.45, 2.75) is 19.9 Å². The molecule has 1 unspecified atom stereocenters. The van der Waals surface area contributed by atoms with Gasteiger partial charge >= 0.3 is 0 Å². The summed E-state index contributed by atoms with van der Waals surface area (Å²) in [7, 11) is 0. The Balaban J connectivity index is 2.06. The Morgan fingerprint density at radius 3 is 2.27 bits per heavy atom. The summed E-state index contributed by atoms with van der Waals surface area (Å²) in [6.45, 7) is 3.38. The van der Waals surface area contributed by atoms with Crippen LogP contribution in [0.25, 0.3) is 0 Å². The number of rotatable bonds is 4. The van der Waals surface area contributed by atoms with E-state index in [9.17, 15) is 9.59 Å². The standard InChI is InChI=1S/C17H17BrN2O2/c1-11(15-5-3-4-6-16(15)18)19-17(22)13-7-9-14(10-8-13)20-12(2)21/h3-11H,1-2H3,(H,19,22)(H,20,21). The SMILES string of the molecule is CC(=O)Nc1ccc(C(=O)NC(C)c2ccccc2Br)cc1. The number of carbonyl (C=O) groups is 2. The van der Waals surface area contributed by atoms with Gasteiger partial charge in [0, 0.05) is 22.6 Å². The van der Waals surface area contributed by atoms with Gasteiger partial charge in [-0.1, -0.05) is 34.1 Å². The third-order valence-electron chi connectivity index (χ3n) is 3.19. The Bertz CT molecular complexity index is 683. The lowest BCUT2D eigenvalue weighted by atomic mass is 10.1. The molecule has 114 valence electrons. The van der Waals surface area contributed by atoms with Crippen molar-refractivity contribution in [3.63, 3.8) is 0 Å². The molecule has 2 aromatic rings. The molecule has 0 aromatic heterocycles. The minimum absolute atomic E-state index is 0.113. The first-order valence-corrected chi connectivity index (χ1v) is 7.69. The van der Waals surface area contributed by atoms with E-state index in [0.717, 1.165) is 10.0 Å². The number of amides is 2. The molecule has 2 rings (SSSR count). The Morgan fingerprint density at radius 1 is 1.05 bits per heavy atom. The van der Waals surface area contributed by atoms with E-state index in [1.165, 1.54) is 6.92 Å². The number of halogens is 1. The minimum atomic E-state index is -0.155. The van der Waals surface area contributed by atoms with Crippen molar-refractivity contribution in [1.82, 2.24) is 5.32 Å². The highest BCUT2D eigenvalue weighted by Crippen LogP contribution is 2.23. The fraction of sp³-hybridized carbons (Fsp3) is 0.176. The molecule has 0 aliphatic heterocycles. The quantitative estimate of drug-likeness (QED) is 0.868. The predicted molar refractivity (Wildman–Crippen MR) is 90.8 cm³/mol. The molecule has 1 atom stereocenters. The molecule has 0 radical (unpaired) electrons. The molecule has 0 saturated heterocycles. The van der Waals surface area contributed by atoms with Gasteiger partial charge < -0.3 is 10.6 Å². The highest BCUT2D eigenvalue weighted by Gasteiger charge is 2.13. The van der Waals surface area contributed by atoms with Crippen molar-refractivity contribution in [1.29, 1.82) is 0 Å². The lowest BCUT2D eigenvalue weighted by molar-refractivity contribution is -0.114. The zero-order valence-electron chi connectivity index (χ0n) is 12.4. The molecule has 0 bridgehead atoms. The minimum Gasteiger partial charge on any atom is -0.345 e. The van der Waals surface area contributed by atoms with Gasteiger partial charge in [-0.15, -0.1) is 0 Å². The van der Waals surface area contributed by atoms with Crippen LogP contribution in [0.5, 0.6) is 0 Å². The smallest absolute Gasteiger partial charge is 0.251 e. The second-order valence-corrected chi connectivity index (χ2v) is 5.83. The topological polar surface area (TPSA) is 58.2 Å². The summed E-state index contributed by atoms with van der Waals surface area (Å²) in [5, 5.41) is 5.63. The number of benzene rings is 2. The van der Waals surface area contributed by atoms with E-state index < -0.39 is 0 Å². The molecule has 0 aliphatic rings. The molecule has 4 nitrogen and oxygen atoms in total. The molecule has 0 heterocycles. The number of hydrogen-bond acceptors (Lipinski definition) is 2. The molecule has 0 fully saturated rings. The molecular formula is C17H17BrN2O2. The molecule has 0 saturated carbocycles. The maximum Gasteiger partial charge on any atom is 0.251 e. The molecule has 2 N–H and O–H groups in total. The van der Waals surface area contributed by atoms with Gasteiger partial charge in [0.1, 0.15) is 0 Å². The molecule has 0 aliphatic carbocycles. The summed E-state index contributed by atoms with van der Waals surface area (Å²) >= 11 is 3.48. The third-order valence-corrected chi connectivity index (χ3v) is 3.91. The van der Waals surface area contributed by atoms with Crippen molar-refractivity contribution in [3.05, 3.63) is 64.1 Å². The molecular weight excluding hydrogens is 344 g/mol. The normalized spacial score (nSPS) is 11.6. The van der Waals surface area contributed by atoms with Gasteiger partial charge in [0.2, 0.25) is 5.91 Å². The fourth-order valence-corrected chi connectivity index (χ4v) is 2.72. The van der Waals surface area contributed by atoms with E-state index in [1.54, 1.807) is 24.3 Å². The first kappa shape index (κ1) is 16.2. The largest absolute Gasteiger partial charge is 0.345 e. The average molecular weight is 361 g/mol. The molecule has 5 heteroatoms. The van der Waals surface area contributed by atoms with Crippen LogP contribution in [-0.2, 0) is 4.79 Å². The maximum atomic E-state index is 12.3. The third kappa shape index (κ3) is 4.18. The monoisotopic (exact) mass is 360 g/mol.